The first-order valence-electron chi connectivity index (χ1n) is 13.9. The number of carbonyl (C=O) groups is 1. The van der Waals surface area contributed by atoms with E-state index in [0.29, 0.717) is 36.2 Å². The molecule has 41 heavy (non-hydrogen) atoms. The Morgan fingerprint density at radius 1 is 1.00 bits per heavy atom. The van der Waals surface area contributed by atoms with Crippen molar-refractivity contribution < 1.29 is 18.3 Å². The van der Waals surface area contributed by atoms with Gasteiger partial charge in [-0.3, -0.25) is 4.79 Å². The summed E-state index contributed by atoms with van der Waals surface area (Å²) in [4.78, 5) is 16.7. The second-order valence-electron chi connectivity index (χ2n) is 11.6. The number of rotatable bonds is 9. The highest BCUT2D eigenvalue weighted by Gasteiger charge is 2.35. The summed E-state index contributed by atoms with van der Waals surface area (Å²) in [6, 6.07) is 23.7. The molecule has 216 valence electrons. The minimum absolute atomic E-state index is 0.0648. The number of aromatic amines is 1. The highest BCUT2D eigenvalue weighted by Crippen LogP contribution is 2.36. The van der Waals surface area contributed by atoms with Gasteiger partial charge in [-0.05, 0) is 55.0 Å². The van der Waals surface area contributed by atoms with Crippen molar-refractivity contribution in [1.29, 1.82) is 0 Å². The first-order valence-corrected chi connectivity index (χ1v) is 15.8. The third-order valence-electron chi connectivity index (χ3n) is 8.11. The van der Waals surface area contributed by atoms with Crippen LogP contribution >= 0.6 is 11.6 Å². The van der Waals surface area contributed by atoms with E-state index in [4.69, 9.17) is 11.6 Å². The fourth-order valence-electron chi connectivity index (χ4n) is 5.60. The Labute approximate surface area is 246 Å². The van der Waals surface area contributed by atoms with Gasteiger partial charge in [0.05, 0.1) is 28.3 Å². The van der Waals surface area contributed by atoms with E-state index in [9.17, 15) is 18.3 Å². The molecule has 1 aromatic heterocycles. The van der Waals surface area contributed by atoms with E-state index in [1.54, 1.807) is 18.2 Å². The molecule has 0 radical (unpaired) electrons. The molecular weight excluding hydrogens is 558 g/mol. The number of nitrogens with one attached hydrogen (secondary N) is 3. The van der Waals surface area contributed by atoms with Crippen molar-refractivity contribution in [3.05, 3.63) is 89.4 Å². The summed E-state index contributed by atoms with van der Waals surface area (Å²) in [6.07, 6.45) is 2.27. The van der Waals surface area contributed by atoms with Crippen LogP contribution in [0.5, 0.6) is 0 Å². The Hall–Kier alpha value is -3.17. The number of halogens is 1. The maximum Gasteiger partial charge on any atom is 0.240 e. The van der Waals surface area contributed by atoms with E-state index in [-0.39, 0.29) is 35.4 Å². The Kier molecular flexibility index (Phi) is 8.57. The van der Waals surface area contributed by atoms with E-state index in [0.717, 1.165) is 22.2 Å². The highest BCUT2D eigenvalue weighted by atomic mass is 35.5. The number of hydrogen-bond donors (Lipinski definition) is 4. The average molecular weight is 594 g/mol. The maximum atomic E-state index is 13.3. The molecule has 0 bridgehead atoms. The van der Waals surface area contributed by atoms with Gasteiger partial charge in [-0.2, -0.15) is 0 Å². The lowest BCUT2D eigenvalue weighted by Crippen LogP contribution is -2.45. The van der Waals surface area contributed by atoms with Crippen molar-refractivity contribution in [2.45, 2.75) is 56.5 Å². The number of hydrogen-bond acceptors (Lipinski definition) is 4. The van der Waals surface area contributed by atoms with Gasteiger partial charge >= 0.3 is 0 Å². The second-order valence-corrected chi connectivity index (χ2v) is 13.6. The second kappa shape index (κ2) is 12.0. The van der Waals surface area contributed by atoms with Crippen LogP contribution in [0.15, 0.2) is 83.8 Å². The monoisotopic (exact) mass is 593 g/mol. The van der Waals surface area contributed by atoms with Gasteiger partial charge in [0.2, 0.25) is 15.9 Å². The van der Waals surface area contributed by atoms with Crippen LogP contribution in [0.25, 0.3) is 22.2 Å². The van der Waals surface area contributed by atoms with Crippen LogP contribution in [-0.2, 0) is 14.8 Å². The quantitative estimate of drug-likeness (QED) is 0.185. The van der Waals surface area contributed by atoms with Crippen LogP contribution in [0.1, 0.15) is 51.1 Å². The van der Waals surface area contributed by atoms with E-state index in [2.05, 4.69) is 15.0 Å². The summed E-state index contributed by atoms with van der Waals surface area (Å²) in [5, 5.41) is 14.5. The number of aromatic nitrogens is 1. The van der Waals surface area contributed by atoms with Crippen LogP contribution in [0.3, 0.4) is 0 Å². The lowest BCUT2D eigenvalue weighted by Gasteiger charge is -2.36. The number of aliphatic hydroxyl groups excluding tert-OH is 1. The van der Waals surface area contributed by atoms with Gasteiger partial charge in [0.1, 0.15) is 0 Å². The molecule has 1 saturated carbocycles. The molecule has 1 fully saturated rings. The molecule has 0 saturated heterocycles. The summed E-state index contributed by atoms with van der Waals surface area (Å²) in [5.41, 5.74) is 2.72. The molecule has 4 N–H and O–H groups in total. The summed E-state index contributed by atoms with van der Waals surface area (Å²) in [7, 11) is -3.78. The number of amides is 1. The molecule has 5 rings (SSSR count). The zero-order chi connectivity index (χ0) is 29.2. The Bertz CT molecular complexity index is 1610. The standard InChI is InChI=1S/C32H36ClN3O4S/c1-32(2,20-37)30(22-11-7-4-8-12-22)35-31(38)23-13-15-24(16-14-23)36-41(39,40)25-17-18-26-27(19-25)34-29(28(26)33)21-9-5-3-6-10-21/h3-12,17-19,23-24,30,34,36-37H,13-16,20H2,1-2H3,(H,35,38)/t23-,24-,30-/m0/s1. The predicted octanol–water partition coefficient (Wildman–Crippen LogP) is 6.20. The van der Waals surface area contributed by atoms with Gasteiger partial charge < -0.3 is 15.4 Å². The molecule has 1 amide bonds. The van der Waals surface area contributed by atoms with Crippen molar-refractivity contribution in [3.63, 3.8) is 0 Å². The summed E-state index contributed by atoms with van der Waals surface area (Å²) >= 11 is 6.61. The first-order chi connectivity index (χ1) is 19.6. The lowest BCUT2D eigenvalue weighted by molar-refractivity contribution is -0.128. The van der Waals surface area contributed by atoms with Crippen LogP contribution in [0, 0.1) is 11.3 Å². The Balaban J connectivity index is 1.23. The SMILES string of the molecule is CC(C)(CO)[C@@H](NC(=O)[C@H]1CC[C@H](NS(=O)(=O)c2ccc3c(Cl)c(-c4ccccc4)[nH]c3c2)CC1)c1ccccc1. The van der Waals surface area contributed by atoms with Crippen LogP contribution < -0.4 is 10.0 Å². The van der Waals surface area contributed by atoms with Gasteiger partial charge in [0.25, 0.3) is 0 Å². The zero-order valence-electron chi connectivity index (χ0n) is 23.2. The van der Waals surface area contributed by atoms with E-state index in [1.807, 2.05) is 74.5 Å². The van der Waals surface area contributed by atoms with Crippen LogP contribution in [-0.4, -0.2) is 37.1 Å². The van der Waals surface area contributed by atoms with Crippen molar-refractivity contribution in [2.75, 3.05) is 6.61 Å². The van der Waals surface area contributed by atoms with E-state index < -0.39 is 15.4 Å². The molecule has 9 heteroatoms. The number of sulfonamides is 1. The Morgan fingerprint density at radius 3 is 2.27 bits per heavy atom. The number of fused-ring (bicyclic) bond motifs is 1. The fourth-order valence-corrected chi connectivity index (χ4v) is 7.25. The molecule has 0 unspecified atom stereocenters. The van der Waals surface area contributed by atoms with Crippen molar-refractivity contribution in [3.8, 4) is 11.3 Å². The fraction of sp³-hybridized carbons (Fsp3) is 0.344. The normalized spacial score (nSPS) is 18.7. The molecular formula is C32H36ClN3O4S. The summed E-state index contributed by atoms with van der Waals surface area (Å²) in [6.45, 7) is 3.78. The van der Waals surface area contributed by atoms with Gasteiger partial charge in [-0.1, -0.05) is 86.1 Å². The van der Waals surface area contributed by atoms with Crippen molar-refractivity contribution >= 4 is 38.4 Å². The first kappa shape index (κ1) is 29.3. The molecule has 1 atom stereocenters. The third kappa shape index (κ3) is 6.36. The lowest BCUT2D eigenvalue weighted by atomic mass is 9.80. The molecule has 1 aliphatic rings. The molecule has 7 nitrogen and oxygen atoms in total. The number of H-pyrrole nitrogens is 1. The number of aliphatic hydroxyl groups is 1. The minimum atomic E-state index is -3.78. The van der Waals surface area contributed by atoms with Crippen LogP contribution in [0.4, 0.5) is 0 Å². The van der Waals surface area contributed by atoms with Gasteiger partial charge in [0.15, 0.2) is 0 Å². The average Bonchev–Trinajstić information content (AvgIpc) is 3.32. The molecule has 1 aliphatic carbocycles. The Morgan fingerprint density at radius 2 is 1.63 bits per heavy atom. The van der Waals surface area contributed by atoms with Gasteiger partial charge in [-0.15, -0.1) is 0 Å². The van der Waals surface area contributed by atoms with Crippen molar-refractivity contribution in [2.24, 2.45) is 11.3 Å². The number of benzene rings is 3. The van der Waals surface area contributed by atoms with E-state index >= 15 is 0 Å². The highest BCUT2D eigenvalue weighted by molar-refractivity contribution is 7.89. The molecule has 1 heterocycles. The zero-order valence-corrected chi connectivity index (χ0v) is 24.8. The van der Waals surface area contributed by atoms with Crippen molar-refractivity contribution in [1.82, 2.24) is 15.0 Å². The van der Waals surface area contributed by atoms with Crippen LogP contribution in [0.2, 0.25) is 5.02 Å². The third-order valence-corrected chi connectivity index (χ3v) is 10.0. The predicted molar refractivity (Wildman–Crippen MR) is 163 cm³/mol. The topological polar surface area (TPSA) is 111 Å². The molecule has 0 aliphatic heterocycles. The number of carbonyl (C=O) groups excluding carboxylic acids is 1. The molecule has 0 spiro atoms. The minimum Gasteiger partial charge on any atom is -0.396 e. The molecule has 3 aromatic carbocycles. The van der Waals surface area contributed by atoms with Gasteiger partial charge in [0, 0.05) is 28.3 Å². The largest absolute Gasteiger partial charge is 0.396 e. The van der Waals surface area contributed by atoms with E-state index in [1.165, 1.54) is 0 Å². The van der Waals surface area contributed by atoms with Gasteiger partial charge in [-0.25, -0.2) is 13.1 Å². The maximum absolute atomic E-state index is 13.3. The summed E-state index contributed by atoms with van der Waals surface area (Å²) in [5.74, 6) is -0.282. The molecule has 4 aromatic rings. The smallest absolute Gasteiger partial charge is 0.240 e. The summed E-state index contributed by atoms with van der Waals surface area (Å²) < 4.78 is 29.5.